The van der Waals surface area contributed by atoms with E-state index in [4.69, 9.17) is 5.73 Å². The average Bonchev–Trinajstić information content (AvgIpc) is 2.73. The van der Waals surface area contributed by atoms with Gasteiger partial charge < -0.3 is 10.8 Å². The third kappa shape index (κ3) is 2.85. The molecule has 2 fully saturated rings. The summed E-state index contributed by atoms with van der Waals surface area (Å²) in [6, 6.07) is 6.32. The van der Waals surface area contributed by atoms with E-state index in [1.807, 2.05) is 12.1 Å². The predicted octanol–water partition coefficient (Wildman–Crippen LogP) is 1.64. The van der Waals surface area contributed by atoms with Crippen LogP contribution in [0.3, 0.4) is 0 Å². The Morgan fingerprint density at radius 2 is 2.05 bits per heavy atom. The van der Waals surface area contributed by atoms with Crippen molar-refractivity contribution in [1.82, 2.24) is 9.80 Å². The van der Waals surface area contributed by atoms with Gasteiger partial charge in [-0.3, -0.25) is 9.80 Å². The lowest BCUT2D eigenvalue weighted by Crippen LogP contribution is -2.36. The van der Waals surface area contributed by atoms with Gasteiger partial charge in [0.2, 0.25) is 0 Å². The summed E-state index contributed by atoms with van der Waals surface area (Å²) in [5, 5.41) is 9.47. The largest absolute Gasteiger partial charge is 0.506 e. The normalized spacial score (nSPS) is 25.2. The molecule has 1 aromatic rings. The highest BCUT2D eigenvalue weighted by Crippen LogP contribution is 2.24. The molecule has 2 aliphatic heterocycles. The third-order valence-corrected chi connectivity index (χ3v) is 4.39. The van der Waals surface area contributed by atoms with E-state index in [2.05, 4.69) is 9.80 Å². The van der Waals surface area contributed by atoms with Crippen LogP contribution in [0.4, 0.5) is 5.69 Å². The molecule has 0 radical (unpaired) electrons. The zero-order valence-electron chi connectivity index (χ0n) is 11.4. The van der Waals surface area contributed by atoms with Crippen LogP contribution in [0.1, 0.15) is 24.8 Å². The van der Waals surface area contributed by atoms with Crippen LogP contribution in [0.2, 0.25) is 0 Å². The number of phenolic OH excluding ortho intramolecular Hbond substituents is 1. The van der Waals surface area contributed by atoms with Gasteiger partial charge in [0.1, 0.15) is 5.75 Å². The second-order valence-corrected chi connectivity index (χ2v) is 5.81. The van der Waals surface area contributed by atoms with Crippen LogP contribution in [-0.2, 0) is 6.54 Å². The minimum Gasteiger partial charge on any atom is -0.506 e. The van der Waals surface area contributed by atoms with Gasteiger partial charge in [-0.05, 0) is 56.6 Å². The Labute approximate surface area is 114 Å². The minimum atomic E-state index is 0.182. The molecule has 0 saturated carbocycles. The molecule has 0 bridgehead atoms. The summed E-state index contributed by atoms with van der Waals surface area (Å²) in [4.78, 5) is 5.17. The number of anilines is 1. The Morgan fingerprint density at radius 3 is 2.89 bits per heavy atom. The number of nitrogens with two attached hydrogens (primary N) is 1. The monoisotopic (exact) mass is 261 g/mol. The lowest BCUT2D eigenvalue weighted by molar-refractivity contribution is 0.215. The summed E-state index contributed by atoms with van der Waals surface area (Å²) in [6.45, 7) is 5.80. The Bertz CT molecular complexity index is 449. The molecule has 4 nitrogen and oxygen atoms in total. The maximum absolute atomic E-state index is 9.47. The van der Waals surface area contributed by atoms with Crippen molar-refractivity contribution in [2.75, 3.05) is 31.9 Å². The Hall–Kier alpha value is -1.26. The van der Waals surface area contributed by atoms with Crippen LogP contribution in [0.15, 0.2) is 18.2 Å². The number of benzene rings is 1. The first-order valence-electron chi connectivity index (χ1n) is 7.26. The number of phenols is 1. The molecule has 1 aromatic carbocycles. The summed E-state index contributed by atoms with van der Waals surface area (Å²) in [5.74, 6) is 0.182. The first kappa shape index (κ1) is 12.8. The van der Waals surface area contributed by atoms with Gasteiger partial charge in [-0.1, -0.05) is 6.07 Å². The maximum Gasteiger partial charge on any atom is 0.138 e. The van der Waals surface area contributed by atoms with Crippen molar-refractivity contribution in [3.8, 4) is 5.75 Å². The molecular formula is C15H23N3O. The first-order valence-corrected chi connectivity index (χ1v) is 7.26. The molecule has 2 aliphatic rings. The standard InChI is InChI=1S/C15H23N3O/c16-14-9-12(4-5-15(14)19)10-17-6-2-8-18-7-1-3-13(18)11-17/h4-5,9,13,19H,1-3,6-8,10-11,16H2. The van der Waals surface area contributed by atoms with E-state index in [1.54, 1.807) is 6.07 Å². The molecule has 19 heavy (non-hydrogen) atoms. The highest BCUT2D eigenvalue weighted by Gasteiger charge is 2.28. The molecule has 0 amide bonds. The summed E-state index contributed by atoms with van der Waals surface area (Å²) in [7, 11) is 0. The van der Waals surface area contributed by atoms with Crippen molar-refractivity contribution in [3.63, 3.8) is 0 Å². The number of aromatic hydroxyl groups is 1. The number of rotatable bonds is 2. The third-order valence-electron chi connectivity index (χ3n) is 4.39. The SMILES string of the molecule is Nc1cc(CN2CCCN3CCCC3C2)ccc1O. The Balaban J connectivity index is 1.66. The van der Waals surface area contributed by atoms with Gasteiger partial charge in [0.05, 0.1) is 5.69 Å². The van der Waals surface area contributed by atoms with Crippen LogP contribution < -0.4 is 5.73 Å². The molecule has 3 rings (SSSR count). The number of hydrogen-bond acceptors (Lipinski definition) is 4. The van der Waals surface area contributed by atoms with Crippen molar-refractivity contribution in [3.05, 3.63) is 23.8 Å². The van der Waals surface area contributed by atoms with Crippen LogP contribution in [-0.4, -0.2) is 47.1 Å². The van der Waals surface area contributed by atoms with Gasteiger partial charge in [0.15, 0.2) is 0 Å². The highest BCUT2D eigenvalue weighted by atomic mass is 16.3. The summed E-state index contributed by atoms with van der Waals surface area (Å²) >= 11 is 0. The maximum atomic E-state index is 9.47. The van der Waals surface area contributed by atoms with Crippen molar-refractivity contribution in [2.24, 2.45) is 0 Å². The second kappa shape index (κ2) is 5.39. The van der Waals surface area contributed by atoms with Crippen LogP contribution >= 0.6 is 0 Å². The lowest BCUT2D eigenvalue weighted by atomic mass is 10.1. The fourth-order valence-electron chi connectivity index (χ4n) is 3.39. The zero-order valence-corrected chi connectivity index (χ0v) is 11.4. The summed E-state index contributed by atoms with van der Waals surface area (Å²) < 4.78 is 0. The number of nitrogen functional groups attached to an aromatic ring is 1. The number of hydrogen-bond donors (Lipinski definition) is 2. The van der Waals surface area contributed by atoms with E-state index in [9.17, 15) is 5.11 Å². The Morgan fingerprint density at radius 1 is 1.21 bits per heavy atom. The van der Waals surface area contributed by atoms with Crippen molar-refractivity contribution in [1.29, 1.82) is 0 Å². The summed E-state index contributed by atoms with van der Waals surface area (Å²) in [6.07, 6.45) is 3.95. The molecule has 1 unspecified atom stereocenters. The van der Waals surface area contributed by atoms with E-state index in [0.29, 0.717) is 5.69 Å². The summed E-state index contributed by atoms with van der Waals surface area (Å²) in [5.41, 5.74) is 7.44. The number of nitrogens with zero attached hydrogens (tertiary/aromatic N) is 2. The topological polar surface area (TPSA) is 52.7 Å². The molecule has 104 valence electrons. The molecule has 0 spiro atoms. The molecule has 1 atom stereocenters. The highest BCUT2D eigenvalue weighted by molar-refractivity contribution is 5.53. The van der Waals surface area contributed by atoms with Gasteiger partial charge in [-0.2, -0.15) is 0 Å². The lowest BCUT2D eigenvalue weighted by Gasteiger charge is -2.25. The zero-order chi connectivity index (χ0) is 13.2. The van der Waals surface area contributed by atoms with Crippen molar-refractivity contribution >= 4 is 5.69 Å². The fraction of sp³-hybridized carbons (Fsp3) is 0.600. The van der Waals surface area contributed by atoms with Gasteiger partial charge in [0.25, 0.3) is 0 Å². The van der Waals surface area contributed by atoms with E-state index in [0.717, 1.165) is 19.1 Å². The quantitative estimate of drug-likeness (QED) is 0.628. The smallest absolute Gasteiger partial charge is 0.138 e. The van der Waals surface area contributed by atoms with E-state index < -0.39 is 0 Å². The van der Waals surface area contributed by atoms with Crippen LogP contribution in [0.25, 0.3) is 0 Å². The van der Waals surface area contributed by atoms with Crippen LogP contribution in [0.5, 0.6) is 5.75 Å². The van der Waals surface area contributed by atoms with Gasteiger partial charge in [-0.25, -0.2) is 0 Å². The molecular weight excluding hydrogens is 238 g/mol. The molecule has 4 heteroatoms. The fourth-order valence-corrected chi connectivity index (χ4v) is 3.39. The molecule has 3 N–H and O–H groups in total. The van der Waals surface area contributed by atoms with E-state index in [-0.39, 0.29) is 5.75 Å². The minimum absolute atomic E-state index is 0.182. The Kier molecular flexibility index (Phi) is 3.62. The van der Waals surface area contributed by atoms with Gasteiger partial charge >= 0.3 is 0 Å². The van der Waals surface area contributed by atoms with Crippen molar-refractivity contribution < 1.29 is 5.11 Å². The van der Waals surface area contributed by atoms with Gasteiger partial charge in [0, 0.05) is 19.1 Å². The molecule has 2 heterocycles. The molecule has 0 aliphatic carbocycles. The second-order valence-electron chi connectivity index (χ2n) is 5.81. The first-order chi connectivity index (χ1) is 9.22. The van der Waals surface area contributed by atoms with Crippen molar-refractivity contribution in [2.45, 2.75) is 31.8 Å². The molecule has 0 aromatic heterocycles. The van der Waals surface area contributed by atoms with Gasteiger partial charge in [-0.15, -0.1) is 0 Å². The number of fused-ring (bicyclic) bond motifs is 1. The van der Waals surface area contributed by atoms with E-state index >= 15 is 0 Å². The molecule has 2 saturated heterocycles. The van der Waals surface area contributed by atoms with Crippen LogP contribution in [0, 0.1) is 0 Å². The average molecular weight is 261 g/mol. The predicted molar refractivity (Wildman–Crippen MR) is 77.0 cm³/mol. The van der Waals surface area contributed by atoms with E-state index in [1.165, 1.54) is 44.5 Å².